The Labute approximate surface area is 185 Å². The highest BCUT2D eigenvalue weighted by molar-refractivity contribution is 5.25. The van der Waals surface area contributed by atoms with Crippen LogP contribution in [0.4, 0.5) is 0 Å². The second kappa shape index (κ2) is 15.0. The number of benzene rings is 1. The molecule has 0 aliphatic carbocycles. The van der Waals surface area contributed by atoms with Crippen LogP contribution in [-0.2, 0) is 16.0 Å². The van der Waals surface area contributed by atoms with E-state index in [2.05, 4.69) is 61.8 Å². The first-order valence-corrected chi connectivity index (χ1v) is 12.3. The lowest BCUT2D eigenvalue weighted by molar-refractivity contribution is 0.0560. The summed E-state index contributed by atoms with van der Waals surface area (Å²) in [4.78, 5) is 5.11. The molecule has 172 valence electrons. The molecule has 1 heterocycles. The van der Waals surface area contributed by atoms with Gasteiger partial charge in [-0.15, -0.1) is 0 Å². The minimum Gasteiger partial charge on any atom is -0.381 e. The van der Waals surface area contributed by atoms with Gasteiger partial charge >= 0.3 is 0 Å². The predicted octanol–water partition coefficient (Wildman–Crippen LogP) is 5.18. The van der Waals surface area contributed by atoms with Gasteiger partial charge in [-0.3, -0.25) is 9.80 Å². The van der Waals surface area contributed by atoms with E-state index in [0.29, 0.717) is 5.92 Å². The topological polar surface area (TPSA) is 24.9 Å². The minimum absolute atomic E-state index is 0.659. The van der Waals surface area contributed by atoms with Gasteiger partial charge in [-0.05, 0) is 48.6 Å². The smallest absolute Gasteiger partial charge is 0.0593 e. The highest BCUT2D eigenvalue weighted by atomic mass is 16.5. The van der Waals surface area contributed by atoms with Crippen LogP contribution >= 0.6 is 0 Å². The second-order valence-electron chi connectivity index (χ2n) is 9.28. The van der Waals surface area contributed by atoms with E-state index in [0.717, 1.165) is 78.0 Å². The summed E-state index contributed by atoms with van der Waals surface area (Å²) >= 11 is 0. The highest BCUT2D eigenvalue weighted by Crippen LogP contribution is 2.19. The molecule has 1 aromatic carbocycles. The second-order valence-corrected chi connectivity index (χ2v) is 9.28. The number of nitrogens with zero attached hydrogens (tertiary/aromatic N) is 2. The summed E-state index contributed by atoms with van der Waals surface area (Å²) < 4.78 is 11.5. The third-order valence-corrected chi connectivity index (χ3v) is 6.23. The zero-order chi connectivity index (χ0) is 21.6. The Morgan fingerprint density at radius 2 is 1.40 bits per heavy atom. The molecule has 1 aliphatic heterocycles. The van der Waals surface area contributed by atoms with Crippen molar-refractivity contribution < 1.29 is 9.47 Å². The monoisotopic (exact) mass is 418 g/mol. The van der Waals surface area contributed by atoms with Crippen molar-refractivity contribution in [3.05, 3.63) is 35.4 Å². The van der Waals surface area contributed by atoms with Gasteiger partial charge in [0.25, 0.3) is 0 Å². The largest absolute Gasteiger partial charge is 0.381 e. The van der Waals surface area contributed by atoms with Gasteiger partial charge in [-0.25, -0.2) is 0 Å². The van der Waals surface area contributed by atoms with Crippen molar-refractivity contribution in [3.8, 4) is 0 Å². The molecule has 2 rings (SSSR count). The number of hydrogen-bond donors (Lipinski definition) is 0. The van der Waals surface area contributed by atoms with E-state index in [9.17, 15) is 0 Å². The van der Waals surface area contributed by atoms with E-state index in [-0.39, 0.29) is 0 Å². The van der Waals surface area contributed by atoms with Gasteiger partial charge < -0.3 is 9.47 Å². The first kappa shape index (κ1) is 25.3. The van der Waals surface area contributed by atoms with E-state index in [4.69, 9.17) is 9.47 Å². The average molecular weight is 419 g/mol. The summed E-state index contributed by atoms with van der Waals surface area (Å²) in [5, 5.41) is 0. The van der Waals surface area contributed by atoms with Crippen LogP contribution < -0.4 is 0 Å². The normalized spacial score (nSPS) is 17.0. The summed E-state index contributed by atoms with van der Waals surface area (Å²) in [6, 6.07) is 9.26. The molecule has 1 fully saturated rings. The molecule has 4 nitrogen and oxygen atoms in total. The minimum atomic E-state index is 0.659. The molecular formula is C26H46N2O2. The van der Waals surface area contributed by atoms with E-state index < -0.39 is 0 Å². The number of ether oxygens (including phenoxy) is 2. The molecule has 1 aliphatic rings. The van der Waals surface area contributed by atoms with E-state index in [1.165, 1.54) is 30.4 Å². The lowest BCUT2D eigenvalue weighted by Gasteiger charge is -2.34. The summed E-state index contributed by atoms with van der Waals surface area (Å²) in [5.74, 6) is 1.44. The van der Waals surface area contributed by atoms with Gasteiger partial charge in [-0.2, -0.15) is 0 Å². The standard InChI is InChI=1S/C26H46N2O2/c1-5-24(4)26-11-9-25(10-12-26)22-28-15-13-27(14-16-28)17-21-30-20-7-19-29-18-6-8-23(2)3/h9-12,23-24H,5-8,13-22H2,1-4H3. The van der Waals surface area contributed by atoms with Crippen LogP contribution in [-0.4, -0.2) is 69.0 Å². The molecular weight excluding hydrogens is 372 g/mol. The van der Waals surface area contributed by atoms with Crippen LogP contribution in [0.15, 0.2) is 24.3 Å². The Balaban J connectivity index is 1.47. The maximum absolute atomic E-state index is 5.81. The molecule has 0 N–H and O–H groups in total. The molecule has 1 atom stereocenters. The maximum Gasteiger partial charge on any atom is 0.0593 e. The van der Waals surface area contributed by atoms with Crippen LogP contribution in [0.25, 0.3) is 0 Å². The summed E-state index contributed by atoms with van der Waals surface area (Å²) in [7, 11) is 0. The Hall–Kier alpha value is -0.940. The van der Waals surface area contributed by atoms with Gasteiger partial charge in [-0.1, -0.05) is 52.0 Å². The van der Waals surface area contributed by atoms with E-state index in [1.54, 1.807) is 0 Å². The molecule has 0 amide bonds. The molecule has 30 heavy (non-hydrogen) atoms. The maximum atomic E-state index is 5.81. The van der Waals surface area contributed by atoms with Crippen molar-refractivity contribution in [3.63, 3.8) is 0 Å². The van der Waals surface area contributed by atoms with Crippen LogP contribution in [0, 0.1) is 5.92 Å². The first-order chi connectivity index (χ1) is 14.6. The summed E-state index contributed by atoms with van der Waals surface area (Å²) in [6.45, 7) is 19.2. The zero-order valence-corrected chi connectivity index (χ0v) is 20.1. The molecule has 1 unspecified atom stereocenters. The molecule has 0 bridgehead atoms. The van der Waals surface area contributed by atoms with Crippen LogP contribution in [0.1, 0.15) is 70.4 Å². The fourth-order valence-electron chi connectivity index (χ4n) is 3.87. The van der Waals surface area contributed by atoms with Gasteiger partial charge in [0.2, 0.25) is 0 Å². The molecule has 0 spiro atoms. The van der Waals surface area contributed by atoms with Gasteiger partial charge in [0.15, 0.2) is 0 Å². The number of rotatable bonds is 15. The Morgan fingerprint density at radius 3 is 2.03 bits per heavy atom. The number of hydrogen-bond acceptors (Lipinski definition) is 4. The van der Waals surface area contributed by atoms with Crippen molar-refractivity contribution in [2.45, 2.75) is 65.8 Å². The summed E-state index contributed by atoms with van der Waals surface area (Å²) in [6.07, 6.45) is 4.64. The van der Waals surface area contributed by atoms with Gasteiger partial charge in [0.05, 0.1) is 6.61 Å². The third-order valence-electron chi connectivity index (χ3n) is 6.23. The first-order valence-electron chi connectivity index (χ1n) is 12.3. The Morgan fingerprint density at radius 1 is 0.800 bits per heavy atom. The Bertz CT molecular complexity index is 538. The van der Waals surface area contributed by atoms with Crippen molar-refractivity contribution in [1.29, 1.82) is 0 Å². The predicted molar refractivity (Wildman–Crippen MR) is 127 cm³/mol. The lowest BCUT2D eigenvalue weighted by atomic mass is 9.97. The van der Waals surface area contributed by atoms with Gasteiger partial charge in [0.1, 0.15) is 0 Å². The molecule has 0 radical (unpaired) electrons. The van der Waals surface area contributed by atoms with Crippen LogP contribution in [0.3, 0.4) is 0 Å². The lowest BCUT2D eigenvalue weighted by Crippen LogP contribution is -2.46. The van der Waals surface area contributed by atoms with E-state index in [1.807, 2.05) is 0 Å². The fraction of sp³-hybridized carbons (Fsp3) is 0.769. The SMILES string of the molecule is CCC(C)c1ccc(CN2CCN(CCOCCCOCCCC(C)C)CC2)cc1. The molecule has 0 saturated carbocycles. The fourth-order valence-corrected chi connectivity index (χ4v) is 3.87. The van der Waals surface area contributed by atoms with Crippen molar-refractivity contribution in [2.75, 3.05) is 59.2 Å². The quantitative estimate of drug-likeness (QED) is 0.367. The Kier molecular flexibility index (Phi) is 12.6. The van der Waals surface area contributed by atoms with E-state index >= 15 is 0 Å². The van der Waals surface area contributed by atoms with Crippen molar-refractivity contribution in [2.24, 2.45) is 5.92 Å². The van der Waals surface area contributed by atoms with Crippen LogP contribution in [0.5, 0.6) is 0 Å². The highest BCUT2D eigenvalue weighted by Gasteiger charge is 2.16. The number of piperazine rings is 1. The third kappa shape index (κ3) is 10.4. The van der Waals surface area contributed by atoms with Crippen LogP contribution in [0.2, 0.25) is 0 Å². The van der Waals surface area contributed by atoms with Crippen molar-refractivity contribution >= 4 is 0 Å². The molecule has 1 aromatic rings. The molecule has 0 aromatic heterocycles. The summed E-state index contributed by atoms with van der Waals surface area (Å²) in [5.41, 5.74) is 2.90. The van der Waals surface area contributed by atoms with Crippen molar-refractivity contribution in [1.82, 2.24) is 9.80 Å². The zero-order valence-electron chi connectivity index (χ0n) is 20.1. The molecule has 1 saturated heterocycles. The average Bonchev–Trinajstić information content (AvgIpc) is 2.76. The molecule has 4 heteroatoms. The van der Waals surface area contributed by atoms with Gasteiger partial charge in [0, 0.05) is 59.1 Å².